The van der Waals surface area contributed by atoms with Gasteiger partial charge in [-0.05, 0) is 29.8 Å². The number of hydrogen-bond acceptors (Lipinski definition) is 11. The number of aliphatic hydroxyl groups is 4. The van der Waals surface area contributed by atoms with Crippen molar-refractivity contribution in [3.05, 3.63) is 71.9 Å². The first-order valence-corrected chi connectivity index (χ1v) is 11.1. The van der Waals surface area contributed by atoms with E-state index in [1.807, 2.05) is 30.3 Å². The molecule has 1 amide bonds. The molecule has 1 saturated heterocycles. The van der Waals surface area contributed by atoms with Gasteiger partial charge in [-0.15, -0.1) is 0 Å². The molecule has 2 aromatic carbocycles. The summed E-state index contributed by atoms with van der Waals surface area (Å²) in [6.45, 7) is -0.119. The minimum atomic E-state index is -1.54. The number of hydrogen-bond donors (Lipinski definition) is 7. The van der Waals surface area contributed by atoms with Crippen LogP contribution in [0.1, 0.15) is 15.9 Å². The van der Waals surface area contributed by atoms with Crippen LogP contribution in [0.25, 0.3) is 0 Å². The molecule has 1 fully saturated rings. The largest absolute Gasteiger partial charge is 0.462 e. The second-order valence-electron chi connectivity index (χ2n) is 8.12. The van der Waals surface area contributed by atoms with E-state index in [0.29, 0.717) is 18.0 Å². The van der Waals surface area contributed by atoms with Gasteiger partial charge in [0.2, 0.25) is 12.2 Å². The van der Waals surface area contributed by atoms with Gasteiger partial charge in [0.05, 0.1) is 12.2 Å². The monoisotopic (exact) mass is 497 g/mol. The van der Waals surface area contributed by atoms with E-state index in [1.54, 1.807) is 24.3 Å². The number of aromatic nitrogens is 2. The highest BCUT2D eigenvalue weighted by atomic mass is 16.7. The first-order valence-electron chi connectivity index (χ1n) is 11.1. The van der Waals surface area contributed by atoms with Gasteiger partial charge in [0.1, 0.15) is 36.0 Å². The summed E-state index contributed by atoms with van der Waals surface area (Å²) < 4.78 is 10.9. The van der Waals surface area contributed by atoms with Crippen molar-refractivity contribution in [2.45, 2.75) is 37.3 Å². The third-order valence-electron chi connectivity index (χ3n) is 5.57. The van der Waals surface area contributed by atoms with E-state index in [4.69, 9.17) is 15.2 Å². The van der Waals surface area contributed by atoms with Crippen LogP contribution in [0.15, 0.2) is 60.8 Å². The highest BCUT2D eigenvalue weighted by Crippen LogP contribution is 2.26. The molecule has 2 heterocycles. The normalized spacial score (nSPS) is 23.6. The third-order valence-corrected chi connectivity index (χ3v) is 5.57. The number of ether oxygens (including phenoxy) is 2. The quantitative estimate of drug-likeness (QED) is 0.212. The van der Waals surface area contributed by atoms with Gasteiger partial charge in [-0.3, -0.25) is 4.79 Å². The topological polar surface area (TPSA) is 192 Å². The van der Waals surface area contributed by atoms with Crippen LogP contribution < -0.4 is 21.1 Å². The predicted molar refractivity (Wildman–Crippen MR) is 128 cm³/mol. The number of carbonyl (C=O) groups excluding carboxylic acids is 1. The fraction of sp³-hybridized carbons (Fsp3) is 0.292. The maximum Gasteiger partial charge on any atom is 0.254 e. The number of amides is 1. The SMILES string of the molecule is NC(=O)c1cnc(Nc2ccc(O[C@@H]3O[C@H](CO)[C@@H](O)[C@H](O)[C@H]3O)cc2)nc1NCc1ccccc1. The van der Waals surface area contributed by atoms with Crippen molar-refractivity contribution in [3.8, 4) is 5.75 Å². The van der Waals surface area contributed by atoms with E-state index in [2.05, 4.69) is 20.6 Å². The minimum absolute atomic E-state index is 0.153. The Balaban J connectivity index is 1.43. The van der Waals surface area contributed by atoms with Crippen molar-refractivity contribution < 1.29 is 34.7 Å². The first kappa shape index (κ1) is 25.3. The summed E-state index contributed by atoms with van der Waals surface area (Å²) in [4.78, 5) is 20.3. The van der Waals surface area contributed by atoms with Crippen molar-refractivity contribution in [1.29, 1.82) is 0 Å². The molecule has 0 unspecified atom stereocenters. The van der Waals surface area contributed by atoms with Gasteiger partial charge in [-0.25, -0.2) is 4.98 Å². The molecule has 0 aliphatic carbocycles. The molecule has 12 nitrogen and oxygen atoms in total. The zero-order valence-corrected chi connectivity index (χ0v) is 19.1. The van der Waals surface area contributed by atoms with Gasteiger partial charge in [0.15, 0.2) is 0 Å². The average molecular weight is 498 g/mol. The number of nitrogens with one attached hydrogen (secondary N) is 2. The van der Waals surface area contributed by atoms with Crippen molar-refractivity contribution in [1.82, 2.24) is 9.97 Å². The van der Waals surface area contributed by atoms with Crippen molar-refractivity contribution in [3.63, 3.8) is 0 Å². The molecule has 12 heteroatoms. The molecular weight excluding hydrogens is 470 g/mol. The van der Waals surface area contributed by atoms with E-state index in [1.165, 1.54) is 6.20 Å². The van der Waals surface area contributed by atoms with Crippen LogP contribution in [0, 0.1) is 0 Å². The van der Waals surface area contributed by atoms with Crippen molar-refractivity contribution >= 4 is 23.4 Å². The fourth-order valence-corrected chi connectivity index (χ4v) is 3.58. The van der Waals surface area contributed by atoms with Crippen LogP contribution in [0.4, 0.5) is 17.5 Å². The maximum absolute atomic E-state index is 11.8. The Morgan fingerprint density at radius 1 is 1.03 bits per heavy atom. The summed E-state index contributed by atoms with van der Waals surface area (Å²) in [5.74, 6) is 0.150. The van der Waals surface area contributed by atoms with Crippen LogP contribution >= 0.6 is 0 Å². The lowest BCUT2D eigenvalue weighted by molar-refractivity contribution is -0.277. The van der Waals surface area contributed by atoms with Crippen LogP contribution in [0.2, 0.25) is 0 Å². The molecule has 1 aliphatic heterocycles. The highest BCUT2D eigenvalue weighted by Gasteiger charge is 2.44. The van der Waals surface area contributed by atoms with Crippen LogP contribution in [-0.4, -0.2) is 73.6 Å². The Labute approximate surface area is 206 Å². The Bertz CT molecular complexity index is 1160. The summed E-state index contributed by atoms with van der Waals surface area (Å²) in [6, 6.07) is 16.1. The Morgan fingerprint density at radius 2 is 1.75 bits per heavy atom. The zero-order valence-electron chi connectivity index (χ0n) is 19.1. The lowest BCUT2D eigenvalue weighted by Gasteiger charge is -2.39. The average Bonchev–Trinajstić information content (AvgIpc) is 2.89. The number of rotatable bonds is 9. The van der Waals surface area contributed by atoms with Gasteiger partial charge >= 0.3 is 0 Å². The zero-order chi connectivity index (χ0) is 25.7. The number of benzene rings is 2. The molecule has 0 bridgehead atoms. The second-order valence-corrected chi connectivity index (χ2v) is 8.12. The molecule has 5 atom stereocenters. The number of nitrogens with zero attached hydrogens (tertiary/aromatic N) is 2. The summed E-state index contributed by atoms with van der Waals surface area (Å²) in [7, 11) is 0. The molecule has 3 aromatic rings. The summed E-state index contributed by atoms with van der Waals surface area (Å²) in [5.41, 5.74) is 7.20. The smallest absolute Gasteiger partial charge is 0.254 e. The molecule has 8 N–H and O–H groups in total. The molecule has 1 aromatic heterocycles. The van der Waals surface area contributed by atoms with Gasteiger partial charge in [0, 0.05) is 18.4 Å². The Kier molecular flexibility index (Phi) is 7.93. The Morgan fingerprint density at radius 3 is 2.42 bits per heavy atom. The van der Waals surface area contributed by atoms with E-state index in [0.717, 1.165) is 5.56 Å². The van der Waals surface area contributed by atoms with Crippen LogP contribution in [0.3, 0.4) is 0 Å². The molecule has 0 spiro atoms. The number of nitrogens with two attached hydrogens (primary N) is 1. The van der Waals surface area contributed by atoms with Gasteiger partial charge in [0.25, 0.3) is 5.91 Å². The van der Waals surface area contributed by atoms with E-state index < -0.39 is 43.2 Å². The van der Waals surface area contributed by atoms with Gasteiger partial charge in [-0.2, -0.15) is 4.98 Å². The summed E-state index contributed by atoms with van der Waals surface area (Å²) in [5, 5.41) is 45.3. The number of primary amides is 1. The standard InChI is InChI=1S/C24H27N5O7/c25-21(34)16-11-27-24(29-22(16)26-10-13-4-2-1-3-5-13)28-14-6-8-15(9-7-14)35-23-20(33)19(32)18(31)17(12-30)36-23/h1-9,11,17-20,23,30-33H,10,12H2,(H2,25,34)(H2,26,27,28,29)/t17-,18-,19+,20-,23-/m1/s1. The van der Waals surface area contributed by atoms with E-state index in [-0.39, 0.29) is 17.3 Å². The van der Waals surface area contributed by atoms with E-state index >= 15 is 0 Å². The Hall–Kier alpha value is -3.81. The molecule has 0 saturated carbocycles. The predicted octanol–water partition coefficient (Wildman–Crippen LogP) is 0.110. The number of anilines is 3. The fourth-order valence-electron chi connectivity index (χ4n) is 3.58. The van der Waals surface area contributed by atoms with Crippen molar-refractivity contribution in [2.75, 3.05) is 17.2 Å². The third kappa shape index (κ3) is 5.87. The first-order chi connectivity index (χ1) is 17.4. The number of aliphatic hydroxyl groups excluding tert-OH is 4. The molecule has 36 heavy (non-hydrogen) atoms. The van der Waals surface area contributed by atoms with E-state index in [9.17, 15) is 25.2 Å². The lowest BCUT2D eigenvalue weighted by Crippen LogP contribution is -2.60. The summed E-state index contributed by atoms with van der Waals surface area (Å²) in [6.07, 6.45) is -5.54. The maximum atomic E-state index is 11.8. The van der Waals surface area contributed by atoms with Crippen molar-refractivity contribution in [2.24, 2.45) is 5.73 Å². The molecule has 1 aliphatic rings. The highest BCUT2D eigenvalue weighted by molar-refractivity contribution is 5.97. The molecule has 4 rings (SSSR count). The second kappa shape index (κ2) is 11.3. The van der Waals surface area contributed by atoms with Gasteiger partial charge < -0.3 is 46.3 Å². The lowest BCUT2D eigenvalue weighted by atomic mass is 9.99. The van der Waals surface area contributed by atoms with Gasteiger partial charge in [-0.1, -0.05) is 30.3 Å². The minimum Gasteiger partial charge on any atom is -0.462 e. The molecule has 0 radical (unpaired) electrons. The van der Waals surface area contributed by atoms with Crippen LogP contribution in [0.5, 0.6) is 5.75 Å². The van der Waals surface area contributed by atoms with Crippen LogP contribution in [-0.2, 0) is 11.3 Å². The summed E-state index contributed by atoms with van der Waals surface area (Å²) >= 11 is 0. The molecule has 190 valence electrons. The number of carbonyl (C=O) groups is 1. The molecular formula is C24H27N5O7.